The smallest absolute Gasteiger partial charge is 0.274 e. The maximum absolute atomic E-state index is 12.9. The zero-order chi connectivity index (χ0) is 21.1. The lowest BCUT2D eigenvalue weighted by Gasteiger charge is -2.30. The number of benzene rings is 1. The van der Waals surface area contributed by atoms with Crippen LogP contribution >= 0.6 is 11.6 Å². The van der Waals surface area contributed by atoms with Gasteiger partial charge in [-0.2, -0.15) is 0 Å². The molecule has 154 valence electrons. The summed E-state index contributed by atoms with van der Waals surface area (Å²) in [6, 6.07) is 6.07. The van der Waals surface area contributed by atoms with Gasteiger partial charge in [-0.15, -0.1) is 0 Å². The number of nitrogens with zero attached hydrogens (tertiary/aromatic N) is 2. The van der Waals surface area contributed by atoms with Crippen molar-refractivity contribution in [3.05, 3.63) is 57.0 Å². The van der Waals surface area contributed by atoms with Gasteiger partial charge in [-0.3, -0.25) is 14.4 Å². The number of carbonyl (C=O) groups excluding carboxylic acids is 2. The van der Waals surface area contributed by atoms with Crippen LogP contribution in [0.1, 0.15) is 40.5 Å². The zero-order valence-electron chi connectivity index (χ0n) is 16.7. The van der Waals surface area contributed by atoms with Crippen molar-refractivity contribution in [2.45, 2.75) is 19.8 Å². The van der Waals surface area contributed by atoms with E-state index in [0.29, 0.717) is 35.3 Å². The Labute approximate surface area is 174 Å². The Morgan fingerprint density at radius 3 is 2.55 bits per heavy atom. The summed E-state index contributed by atoms with van der Waals surface area (Å²) in [6.45, 7) is 3.54. The molecular formula is C21H24ClN3O4. The third kappa shape index (κ3) is 4.62. The predicted molar refractivity (Wildman–Crippen MR) is 112 cm³/mol. The van der Waals surface area contributed by atoms with Gasteiger partial charge in [-0.25, -0.2) is 0 Å². The lowest BCUT2D eigenvalue weighted by molar-refractivity contribution is 0.0696. The number of ether oxygens (including phenoxy) is 1. The molecule has 1 aliphatic heterocycles. The van der Waals surface area contributed by atoms with E-state index in [-0.39, 0.29) is 17.2 Å². The molecule has 1 fully saturated rings. The number of aromatic nitrogens is 1. The third-order valence-corrected chi connectivity index (χ3v) is 5.39. The summed E-state index contributed by atoms with van der Waals surface area (Å²) >= 11 is 5.99. The normalized spacial score (nSPS) is 14.6. The van der Waals surface area contributed by atoms with Crippen LogP contribution < -0.4 is 15.6 Å². The maximum Gasteiger partial charge on any atom is 0.274 e. The number of piperidine rings is 1. The molecule has 1 aliphatic rings. The number of hydrogen-bond donors (Lipinski definition) is 1. The Morgan fingerprint density at radius 1 is 1.21 bits per heavy atom. The summed E-state index contributed by atoms with van der Waals surface area (Å²) in [7, 11) is 2.99. The van der Waals surface area contributed by atoms with E-state index in [9.17, 15) is 14.4 Å². The van der Waals surface area contributed by atoms with Crippen molar-refractivity contribution in [3.8, 4) is 5.75 Å². The van der Waals surface area contributed by atoms with Gasteiger partial charge in [-0.05, 0) is 43.0 Å². The average Bonchev–Trinajstić information content (AvgIpc) is 2.71. The number of carbonyl (C=O) groups is 2. The van der Waals surface area contributed by atoms with Gasteiger partial charge in [0.05, 0.1) is 18.2 Å². The van der Waals surface area contributed by atoms with Gasteiger partial charge in [0.2, 0.25) is 0 Å². The molecule has 2 heterocycles. The fraction of sp³-hybridized carbons (Fsp3) is 0.381. The van der Waals surface area contributed by atoms with E-state index in [4.69, 9.17) is 16.3 Å². The minimum absolute atomic E-state index is 0.0238. The van der Waals surface area contributed by atoms with Gasteiger partial charge in [0.1, 0.15) is 11.4 Å². The monoisotopic (exact) mass is 417 g/mol. The highest BCUT2D eigenvalue weighted by molar-refractivity contribution is 6.31. The Bertz CT molecular complexity index is 994. The van der Waals surface area contributed by atoms with E-state index in [0.717, 1.165) is 12.8 Å². The Kier molecular flexibility index (Phi) is 6.27. The van der Waals surface area contributed by atoms with Gasteiger partial charge in [0.25, 0.3) is 17.4 Å². The van der Waals surface area contributed by atoms with Crippen molar-refractivity contribution in [1.82, 2.24) is 9.47 Å². The van der Waals surface area contributed by atoms with Crippen molar-refractivity contribution in [1.29, 1.82) is 0 Å². The lowest BCUT2D eigenvalue weighted by Crippen LogP contribution is -2.38. The zero-order valence-corrected chi connectivity index (χ0v) is 17.5. The van der Waals surface area contributed by atoms with Crippen molar-refractivity contribution in [2.24, 2.45) is 13.0 Å². The fourth-order valence-electron chi connectivity index (χ4n) is 3.36. The molecular weight excluding hydrogens is 394 g/mol. The fourth-order valence-corrected chi connectivity index (χ4v) is 3.53. The Hall–Kier alpha value is -2.80. The van der Waals surface area contributed by atoms with Crippen molar-refractivity contribution in [3.63, 3.8) is 0 Å². The third-order valence-electron chi connectivity index (χ3n) is 5.16. The van der Waals surface area contributed by atoms with Gasteiger partial charge in [-0.1, -0.05) is 18.5 Å². The summed E-state index contributed by atoms with van der Waals surface area (Å²) in [4.78, 5) is 39.9. The lowest BCUT2D eigenvalue weighted by atomic mass is 9.99. The highest BCUT2D eigenvalue weighted by atomic mass is 35.5. The first-order valence-corrected chi connectivity index (χ1v) is 9.82. The summed E-state index contributed by atoms with van der Waals surface area (Å²) in [5.41, 5.74) is 0.165. The van der Waals surface area contributed by atoms with Gasteiger partial charge < -0.3 is 19.5 Å². The minimum Gasteiger partial charge on any atom is -0.496 e. The van der Waals surface area contributed by atoms with Crippen LogP contribution in [0.15, 0.2) is 35.3 Å². The Balaban J connectivity index is 1.88. The molecule has 0 aliphatic carbocycles. The summed E-state index contributed by atoms with van der Waals surface area (Å²) in [5, 5.41) is 2.96. The van der Waals surface area contributed by atoms with E-state index in [2.05, 4.69) is 12.2 Å². The number of likely N-dealkylation sites (tertiary alicyclic amines) is 1. The molecule has 2 aromatic rings. The molecule has 29 heavy (non-hydrogen) atoms. The first kappa shape index (κ1) is 20.9. The molecule has 0 spiro atoms. The van der Waals surface area contributed by atoms with Crippen LogP contribution in [0, 0.1) is 5.92 Å². The number of amides is 2. The second-order valence-electron chi connectivity index (χ2n) is 7.33. The van der Waals surface area contributed by atoms with Crippen molar-refractivity contribution in [2.75, 3.05) is 25.5 Å². The average molecular weight is 418 g/mol. The molecule has 7 nitrogen and oxygen atoms in total. The van der Waals surface area contributed by atoms with Crippen molar-refractivity contribution < 1.29 is 14.3 Å². The number of methoxy groups -OCH3 is 1. The standard InChI is InChI=1S/C21H24ClN3O4/c1-13-6-8-25(9-7-13)20(27)14-10-17(21(28)24(2)12-14)23-19(26)16-11-15(22)4-5-18(16)29-3/h4-5,10-13H,6-9H2,1-3H3,(H,23,26). The molecule has 8 heteroatoms. The minimum atomic E-state index is -0.544. The molecule has 0 bridgehead atoms. The molecule has 1 aromatic heterocycles. The molecule has 2 amide bonds. The second-order valence-corrected chi connectivity index (χ2v) is 7.77. The second kappa shape index (κ2) is 8.69. The van der Waals surface area contributed by atoms with E-state index in [1.807, 2.05) is 0 Å². The Morgan fingerprint density at radius 2 is 1.90 bits per heavy atom. The number of nitrogens with one attached hydrogen (secondary N) is 1. The van der Waals surface area contributed by atoms with Crippen LogP contribution in [0.5, 0.6) is 5.75 Å². The molecule has 1 saturated heterocycles. The first-order chi connectivity index (χ1) is 13.8. The van der Waals surface area contributed by atoms with Crippen LogP contribution in [0.2, 0.25) is 5.02 Å². The number of pyridine rings is 1. The van der Waals surface area contributed by atoms with Crippen molar-refractivity contribution >= 4 is 29.1 Å². The highest BCUT2D eigenvalue weighted by Crippen LogP contribution is 2.24. The van der Waals surface area contributed by atoms with Crippen LogP contribution in [0.25, 0.3) is 0 Å². The number of rotatable bonds is 4. The molecule has 0 radical (unpaired) electrons. The molecule has 3 rings (SSSR count). The molecule has 0 unspecified atom stereocenters. The van der Waals surface area contributed by atoms with Gasteiger partial charge in [0, 0.05) is 31.4 Å². The molecule has 0 atom stereocenters. The summed E-state index contributed by atoms with van der Waals surface area (Å²) in [6.07, 6.45) is 3.41. The topological polar surface area (TPSA) is 80.6 Å². The predicted octanol–water partition coefficient (Wildman–Crippen LogP) is 3.17. The molecule has 0 saturated carbocycles. The SMILES string of the molecule is COc1ccc(Cl)cc1C(=O)Nc1cc(C(=O)N2CCC(C)CC2)cn(C)c1=O. The largest absolute Gasteiger partial charge is 0.496 e. The van der Waals surface area contributed by atoms with E-state index >= 15 is 0 Å². The van der Waals surface area contributed by atoms with Gasteiger partial charge >= 0.3 is 0 Å². The number of aryl methyl sites for hydroxylation is 1. The maximum atomic E-state index is 12.9. The molecule has 1 N–H and O–H groups in total. The summed E-state index contributed by atoms with van der Waals surface area (Å²) < 4.78 is 6.50. The van der Waals surface area contributed by atoms with E-state index < -0.39 is 11.5 Å². The highest BCUT2D eigenvalue weighted by Gasteiger charge is 2.23. The van der Waals surface area contributed by atoms with Crippen LogP contribution in [-0.4, -0.2) is 41.5 Å². The summed E-state index contributed by atoms with van der Waals surface area (Å²) in [5.74, 6) is 0.237. The number of hydrogen-bond acceptors (Lipinski definition) is 4. The number of anilines is 1. The first-order valence-electron chi connectivity index (χ1n) is 9.45. The quantitative estimate of drug-likeness (QED) is 0.828. The number of halogens is 1. The van der Waals surface area contributed by atoms with Crippen LogP contribution in [0.4, 0.5) is 5.69 Å². The molecule has 1 aromatic carbocycles. The van der Waals surface area contributed by atoms with Crippen LogP contribution in [0.3, 0.4) is 0 Å². The van der Waals surface area contributed by atoms with Crippen LogP contribution in [-0.2, 0) is 7.05 Å². The van der Waals surface area contributed by atoms with E-state index in [1.165, 1.54) is 30.0 Å². The van der Waals surface area contributed by atoms with Gasteiger partial charge in [0.15, 0.2) is 0 Å². The van der Waals surface area contributed by atoms with E-state index in [1.54, 1.807) is 24.1 Å².